The molecule has 0 bridgehead atoms. The molecular weight excluding hydrogens is 279 g/mol. The van der Waals surface area contributed by atoms with Crippen molar-refractivity contribution in [1.29, 1.82) is 0 Å². The normalized spacial score (nSPS) is 12.5. The molecule has 8 heteroatoms. The van der Waals surface area contributed by atoms with Crippen LogP contribution in [0, 0.1) is 0 Å². The van der Waals surface area contributed by atoms with Crippen LogP contribution in [-0.4, -0.2) is 47.0 Å². The van der Waals surface area contributed by atoms with E-state index < -0.39 is 31.7 Å². The van der Waals surface area contributed by atoms with Gasteiger partial charge in [0.25, 0.3) is 0 Å². The number of halogens is 3. The molecule has 0 saturated carbocycles. The first-order valence-corrected chi connectivity index (χ1v) is 5.77. The molecule has 0 aliphatic rings. The molecule has 0 heterocycles. The number of rotatable bonds is 7. The van der Waals surface area contributed by atoms with Crippen LogP contribution in [-0.2, 0) is 6.54 Å². The molecule has 0 aromatic heterocycles. The number of benzene rings is 1. The van der Waals surface area contributed by atoms with Gasteiger partial charge in [-0.2, -0.15) is 0 Å². The number of aliphatic hydroxyl groups is 3. The van der Waals surface area contributed by atoms with Crippen LogP contribution in [0.2, 0.25) is 0 Å². The van der Waals surface area contributed by atoms with Crippen molar-refractivity contribution in [2.45, 2.75) is 18.4 Å². The van der Waals surface area contributed by atoms with E-state index in [2.05, 4.69) is 10.1 Å². The summed E-state index contributed by atoms with van der Waals surface area (Å²) in [5, 5.41) is 30.0. The standard InChI is InChI=1S/C12H16F3NO4/c13-12(14,15)20-10-4-2-1-3-9(10)5-16-11(6-17,7-18)8-19/h1-4,16-19H,5-8H2. The van der Waals surface area contributed by atoms with Gasteiger partial charge in [0.2, 0.25) is 0 Å². The van der Waals surface area contributed by atoms with E-state index in [0.29, 0.717) is 0 Å². The minimum Gasteiger partial charge on any atom is -0.405 e. The van der Waals surface area contributed by atoms with Gasteiger partial charge in [-0.25, -0.2) is 0 Å². The summed E-state index contributed by atoms with van der Waals surface area (Å²) in [6.45, 7) is -1.82. The summed E-state index contributed by atoms with van der Waals surface area (Å²) in [5.74, 6) is -0.379. The van der Waals surface area contributed by atoms with Gasteiger partial charge in [-0.1, -0.05) is 18.2 Å². The summed E-state index contributed by atoms with van der Waals surface area (Å²) in [4.78, 5) is 0. The molecule has 0 saturated heterocycles. The van der Waals surface area contributed by atoms with Gasteiger partial charge in [-0.3, -0.25) is 0 Å². The van der Waals surface area contributed by atoms with Gasteiger partial charge >= 0.3 is 6.36 Å². The van der Waals surface area contributed by atoms with Crippen LogP contribution in [0.4, 0.5) is 13.2 Å². The Morgan fingerprint density at radius 1 is 1.00 bits per heavy atom. The summed E-state index contributed by atoms with van der Waals surface area (Å²) in [6.07, 6.45) is -4.81. The van der Waals surface area contributed by atoms with Gasteiger partial charge in [0, 0.05) is 12.1 Å². The zero-order valence-electron chi connectivity index (χ0n) is 10.5. The molecule has 4 N–H and O–H groups in total. The van der Waals surface area contributed by atoms with Crippen molar-refractivity contribution < 1.29 is 33.2 Å². The van der Waals surface area contributed by atoms with Gasteiger partial charge in [0.15, 0.2) is 0 Å². The Balaban J connectivity index is 2.82. The smallest absolute Gasteiger partial charge is 0.405 e. The largest absolute Gasteiger partial charge is 0.573 e. The van der Waals surface area contributed by atoms with Crippen molar-refractivity contribution >= 4 is 0 Å². The summed E-state index contributed by atoms with van der Waals surface area (Å²) >= 11 is 0. The zero-order chi connectivity index (χ0) is 15.2. The third kappa shape index (κ3) is 4.64. The molecule has 0 amide bonds. The number of para-hydroxylation sites is 1. The Bertz CT molecular complexity index is 413. The van der Waals surface area contributed by atoms with E-state index in [1.54, 1.807) is 0 Å². The van der Waals surface area contributed by atoms with E-state index in [4.69, 9.17) is 15.3 Å². The van der Waals surface area contributed by atoms with E-state index in [9.17, 15) is 13.2 Å². The van der Waals surface area contributed by atoms with Crippen LogP contribution < -0.4 is 10.1 Å². The predicted octanol–water partition coefficient (Wildman–Crippen LogP) is 0.390. The molecule has 0 unspecified atom stereocenters. The van der Waals surface area contributed by atoms with Gasteiger partial charge in [0.05, 0.1) is 25.4 Å². The summed E-state index contributed by atoms with van der Waals surface area (Å²) in [5.41, 5.74) is -1.18. The quantitative estimate of drug-likeness (QED) is 0.585. The van der Waals surface area contributed by atoms with Gasteiger partial charge in [-0.05, 0) is 6.07 Å². The molecule has 1 rings (SSSR count). The van der Waals surface area contributed by atoms with E-state index in [1.807, 2.05) is 0 Å². The second-order valence-corrected chi connectivity index (χ2v) is 4.26. The lowest BCUT2D eigenvalue weighted by molar-refractivity contribution is -0.274. The van der Waals surface area contributed by atoms with Gasteiger partial charge in [-0.15, -0.1) is 13.2 Å². The van der Waals surface area contributed by atoms with Crippen LogP contribution in [0.5, 0.6) is 5.75 Å². The van der Waals surface area contributed by atoms with Crippen LogP contribution >= 0.6 is 0 Å². The molecule has 1 aromatic carbocycles. The zero-order valence-corrected chi connectivity index (χ0v) is 10.5. The Morgan fingerprint density at radius 2 is 1.55 bits per heavy atom. The highest BCUT2D eigenvalue weighted by atomic mass is 19.4. The van der Waals surface area contributed by atoms with E-state index in [0.717, 1.165) is 6.07 Å². The fraction of sp³-hybridized carbons (Fsp3) is 0.500. The number of alkyl halides is 3. The van der Waals surface area contributed by atoms with E-state index >= 15 is 0 Å². The highest BCUT2D eigenvalue weighted by Gasteiger charge is 2.32. The fourth-order valence-corrected chi connectivity index (χ4v) is 1.47. The van der Waals surface area contributed by atoms with E-state index in [-0.39, 0.29) is 17.9 Å². The first-order valence-electron chi connectivity index (χ1n) is 5.77. The molecule has 0 aliphatic carbocycles. The maximum atomic E-state index is 12.2. The second kappa shape index (κ2) is 6.89. The number of hydrogen-bond acceptors (Lipinski definition) is 5. The average molecular weight is 295 g/mol. The summed E-state index contributed by atoms with van der Waals surface area (Å²) < 4.78 is 40.6. The Kier molecular flexibility index (Phi) is 5.75. The predicted molar refractivity (Wildman–Crippen MR) is 64.0 cm³/mol. The number of nitrogens with one attached hydrogen (secondary N) is 1. The lowest BCUT2D eigenvalue weighted by Crippen LogP contribution is -2.54. The fourth-order valence-electron chi connectivity index (χ4n) is 1.47. The molecule has 1 aromatic rings. The minimum atomic E-state index is -4.81. The van der Waals surface area contributed by atoms with Crippen LogP contribution in [0.1, 0.15) is 5.56 Å². The summed E-state index contributed by atoms with van der Waals surface area (Å²) in [7, 11) is 0. The number of aliphatic hydroxyl groups excluding tert-OH is 3. The maximum Gasteiger partial charge on any atom is 0.573 e. The van der Waals surface area contributed by atoms with Crippen molar-refractivity contribution in [3.8, 4) is 5.75 Å². The lowest BCUT2D eigenvalue weighted by Gasteiger charge is -2.29. The van der Waals surface area contributed by atoms with Gasteiger partial charge in [0.1, 0.15) is 5.75 Å². The highest BCUT2D eigenvalue weighted by Crippen LogP contribution is 2.26. The second-order valence-electron chi connectivity index (χ2n) is 4.26. The molecule has 0 aliphatic heterocycles. The third-order valence-electron chi connectivity index (χ3n) is 2.76. The Hall–Kier alpha value is -1.35. The van der Waals surface area contributed by atoms with Crippen molar-refractivity contribution in [2.75, 3.05) is 19.8 Å². The number of hydrogen-bond donors (Lipinski definition) is 4. The van der Waals surface area contributed by atoms with Crippen molar-refractivity contribution in [1.82, 2.24) is 5.32 Å². The average Bonchev–Trinajstić information content (AvgIpc) is 2.41. The first-order chi connectivity index (χ1) is 9.36. The topological polar surface area (TPSA) is 82.0 Å². The van der Waals surface area contributed by atoms with Crippen molar-refractivity contribution in [3.05, 3.63) is 29.8 Å². The van der Waals surface area contributed by atoms with Crippen molar-refractivity contribution in [3.63, 3.8) is 0 Å². The molecule has 20 heavy (non-hydrogen) atoms. The molecule has 114 valence electrons. The molecule has 0 atom stereocenters. The van der Waals surface area contributed by atoms with Crippen LogP contribution in [0.3, 0.4) is 0 Å². The molecule has 0 fully saturated rings. The number of ether oxygens (including phenoxy) is 1. The maximum absolute atomic E-state index is 12.2. The van der Waals surface area contributed by atoms with Gasteiger partial charge < -0.3 is 25.4 Å². The summed E-state index contributed by atoms with van der Waals surface area (Å²) in [6, 6.07) is 5.48. The van der Waals surface area contributed by atoms with Crippen LogP contribution in [0.25, 0.3) is 0 Å². The van der Waals surface area contributed by atoms with Crippen molar-refractivity contribution in [2.24, 2.45) is 0 Å². The molecular formula is C12H16F3NO4. The Labute approximate surface area is 113 Å². The molecule has 5 nitrogen and oxygen atoms in total. The molecule has 0 spiro atoms. The monoisotopic (exact) mass is 295 g/mol. The lowest BCUT2D eigenvalue weighted by atomic mass is 10.0. The third-order valence-corrected chi connectivity index (χ3v) is 2.76. The SMILES string of the molecule is OCC(CO)(CO)NCc1ccccc1OC(F)(F)F. The molecule has 0 radical (unpaired) electrons. The first kappa shape index (κ1) is 16.7. The minimum absolute atomic E-state index is 0.117. The Morgan fingerprint density at radius 3 is 2.05 bits per heavy atom. The van der Waals surface area contributed by atoms with Crippen LogP contribution in [0.15, 0.2) is 24.3 Å². The van der Waals surface area contributed by atoms with E-state index in [1.165, 1.54) is 18.2 Å². The highest BCUT2D eigenvalue weighted by molar-refractivity contribution is 5.33.